The number of urea groups is 1. The normalized spacial score (nSPS) is 19.5. The van der Waals surface area contributed by atoms with Gasteiger partial charge in [0.2, 0.25) is 5.96 Å². The molecule has 2 rings (SSSR count). The Kier molecular flexibility index (Phi) is 11.1. The fourth-order valence-electron chi connectivity index (χ4n) is 4.09. The molecule has 1 unspecified atom stereocenters. The van der Waals surface area contributed by atoms with Crippen molar-refractivity contribution in [2.24, 2.45) is 16.0 Å². The third-order valence-electron chi connectivity index (χ3n) is 5.86. The van der Waals surface area contributed by atoms with E-state index < -0.39 is 58.9 Å². The number of nitrogens with zero attached hydrogens (tertiary/aromatic N) is 5. The molecule has 0 spiro atoms. The number of allylic oxidation sites excluding steroid dienone is 1. The second-order valence-electron chi connectivity index (χ2n) is 11.7. The van der Waals surface area contributed by atoms with E-state index >= 15 is 0 Å². The highest BCUT2D eigenvalue weighted by atomic mass is 16.6. The van der Waals surface area contributed by atoms with E-state index in [2.05, 4.69) is 32.2 Å². The molecule has 0 aromatic heterocycles. The first-order chi connectivity index (χ1) is 19.5. The molecule has 0 saturated carbocycles. The lowest BCUT2D eigenvalue weighted by Crippen LogP contribution is -2.51. The average Bonchev–Trinajstić information content (AvgIpc) is 3.22. The Labute approximate surface area is 245 Å². The van der Waals surface area contributed by atoms with Crippen LogP contribution in [0.25, 0.3) is 10.4 Å². The summed E-state index contributed by atoms with van der Waals surface area (Å²) in [5.74, 6) is -2.06. The van der Waals surface area contributed by atoms with E-state index in [1.165, 1.54) is 4.90 Å². The number of azide groups is 1. The molecule has 1 heterocycles. The first kappa shape index (κ1) is 33.6. The molecule has 14 heteroatoms. The maximum Gasteiger partial charge on any atom is 0.437 e. The minimum atomic E-state index is -1.77. The summed E-state index contributed by atoms with van der Waals surface area (Å²) in [6, 6.07) is 8.15. The summed E-state index contributed by atoms with van der Waals surface area (Å²) >= 11 is 0. The summed E-state index contributed by atoms with van der Waals surface area (Å²) in [6.45, 7) is 14.8. The maximum atomic E-state index is 13.5. The van der Waals surface area contributed by atoms with Gasteiger partial charge in [-0.2, -0.15) is 0 Å². The lowest BCUT2D eigenvalue weighted by molar-refractivity contribution is -0.156. The molecule has 1 aromatic carbocycles. The summed E-state index contributed by atoms with van der Waals surface area (Å²) in [5, 5.41) is 8.42. The summed E-state index contributed by atoms with van der Waals surface area (Å²) < 4.78 is 16.1. The Morgan fingerprint density at radius 3 is 2.29 bits per heavy atom. The van der Waals surface area contributed by atoms with Gasteiger partial charge in [-0.05, 0) is 66.0 Å². The Hall–Kier alpha value is -4.58. The van der Waals surface area contributed by atoms with Crippen molar-refractivity contribution in [3.8, 4) is 0 Å². The van der Waals surface area contributed by atoms with Gasteiger partial charge in [-0.1, -0.05) is 41.5 Å². The number of nitrogens with one attached hydrogen (secondary N) is 2. The molecule has 1 aromatic rings. The summed E-state index contributed by atoms with van der Waals surface area (Å²) in [6.07, 6.45) is -0.977. The minimum absolute atomic E-state index is 0.0438. The van der Waals surface area contributed by atoms with Crippen LogP contribution in [0.4, 0.5) is 14.4 Å². The fourth-order valence-corrected chi connectivity index (χ4v) is 4.09. The second-order valence-corrected chi connectivity index (χ2v) is 11.7. The maximum absolute atomic E-state index is 13.5. The van der Waals surface area contributed by atoms with E-state index in [0.717, 1.165) is 5.56 Å². The van der Waals surface area contributed by atoms with E-state index in [9.17, 15) is 24.7 Å². The zero-order valence-corrected chi connectivity index (χ0v) is 25.0. The molecule has 1 fully saturated rings. The fraction of sp³-hybridized carbons (Fsp3) is 0.536. The highest BCUT2D eigenvalue weighted by Crippen LogP contribution is 2.37. The first-order valence-corrected chi connectivity index (χ1v) is 13.3. The van der Waals surface area contributed by atoms with Gasteiger partial charge in [-0.25, -0.2) is 14.4 Å². The number of amides is 4. The highest BCUT2D eigenvalue weighted by molar-refractivity contribution is 6.06. The van der Waals surface area contributed by atoms with Crippen molar-refractivity contribution in [3.05, 3.63) is 59.0 Å². The lowest BCUT2D eigenvalue weighted by atomic mass is 9.85. The number of rotatable bonds is 6. The van der Waals surface area contributed by atoms with Crippen LogP contribution in [-0.4, -0.2) is 64.9 Å². The van der Waals surface area contributed by atoms with Gasteiger partial charge in [0.1, 0.15) is 17.3 Å². The van der Waals surface area contributed by atoms with Crippen molar-refractivity contribution in [1.82, 2.24) is 15.5 Å². The summed E-state index contributed by atoms with van der Waals surface area (Å²) in [5.41, 5.74) is 6.57. The molecular formula is C28H39N7O7. The lowest BCUT2D eigenvalue weighted by Gasteiger charge is -2.28. The summed E-state index contributed by atoms with van der Waals surface area (Å²) in [4.78, 5) is 59.5. The molecule has 0 aliphatic carbocycles. The van der Waals surface area contributed by atoms with Crippen LogP contribution >= 0.6 is 0 Å². The van der Waals surface area contributed by atoms with E-state index in [-0.39, 0.29) is 19.5 Å². The quantitative estimate of drug-likeness (QED) is 0.0656. The largest absolute Gasteiger partial charge is 0.457 e. The molecule has 1 aliphatic heterocycles. The van der Waals surface area contributed by atoms with Crippen molar-refractivity contribution < 1.29 is 33.4 Å². The molecule has 4 amide bonds. The molecule has 2 N–H and O–H groups in total. The molecule has 1 aliphatic rings. The Balaban J connectivity index is 2.34. The Bertz CT molecular complexity index is 1250. The Morgan fingerprint density at radius 2 is 1.74 bits per heavy atom. The number of aliphatic imine (C=N–C) groups is 1. The third kappa shape index (κ3) is 9.81. The number of esters is 1. The standard InChI is InChI=1S/C28H39N7O7/c1-9-13-20-16-35(17-28(20,33-34-29)21(36)40-18(2)19-14-11-10-12-15-19)23(37)30-22(31-24(38)41-26(3,4)5)32-25(39)42-27(6,7)8/h9-12,14-15,18,20H,1,13,16-17H2,2-8H3,(H2,30,31,32,37,38,39)/t18-,20+,28?/m1/s1. The molecule has 0 bridgehead atoms. The van der Waals surface area contributed by atoms with Gasteiger partial charge in [0.05, 0.1) is 0 Å². The average molecular weight is 586 g/mol. The van der Waals surface area contributed by atoms with E-state index in [1.807, 2.05) is 6.07 Å². The van der Waals surface area contributed by atoms with Gasteiger partial charge in [0.15, 0.2) is 5.54 Å². The van der Waals surface area contributed by atoms with Gasteiger partial charge in [-0.3, -0.25) is 15.4 Å². The van der Waals surface area contributed by atoms with Crippen LogP contribution in [0.5, 0.6) is 0 Å². The number of carbonyl (C=O) groups is 4. The molecule has 14 nitrogen and oxygen atoms in total. The molecule has 42 heavy (non-hydrogen) atoms. The van der Waals surface area contributed by atoms with Crippen LogP contribution in [-0.2, 0) is 19.0 Å². The zero-order valence-electron chi connectivity index (χ0n) is 25.0. The summed E-state index contributed by atoms with van der Waals surface area (Å²) in [7, 11) is 0. The van der Waals surface area contributed by atoms with Gasteiger partial charge in [0.25, 0.3) is 0 Å². The van der Waals surface area contributed by atoms with Gasteiger partial charge >= 0.3 is 24.2 Å². The van der Waals surface area contributed by atoms with Crippen molar-refractivity contribution in [2.45, 2.75) is 77.7 Å². The van der Waals surface area contributed by atoms with E-state index in [4.69, 9.17) is 14.2 Å². The van der Waals surface area contributed by atoms with Crippen molar-refractivity contribution in [3.63, 3.8) is 0 Å². The first-order valence-electron chi connectivity index (χ1n) is 13.3. The van der Waals surface area contributed by atoms with Gasteiger partial charge in [0, 0.05) is 23.9 Å². The van der Waals surface area contributed by atoms with Gasteiger partial charge < -0.3 is 19.1 Å². The van der Waals surface area contributed by atoms with Crippen LogP contribution in [0.2, 0.25) is 0 Å². The number of hydrogen-bond donors (Lipinski definition) is 2. The van der Waals surface area contributed by atoms with E-state index in [0.29, 0.717) is 0 Å². The smallest absolute Gasteiger partial charge is 0.437 e. The van der Waals surface area contributed by atoms with Crippen LogP contribution in [0, 0.1) is 5.92 Å². The number of ether oxygens (including phenoxy) is 3. The third-order valence-corrected chi connectivity index (χ3v) is 5.86. The van der Waals surface area contributed by atoms with Crippen molar-refractivity contribution >= 4 is 30.1 Å². The topological polar surface area (TPSA) is 184 Å². The minimum Gasteiger partial charge on any atom is -0.457 e. The number of benzene rings is 1. The number of likely N-dealkylation sites (tertiary alicyclic amines) is 1. The van der Waals surface area contributed by atoms with Crippen LogP contribution in [0.15, 0.2) is 53.1 Å². The number of alkyl carbamates (subject to hydrolysis) is 1. The SMILES string of the molecule is C=CC[C@H]1CN(C(=O)NC(=NC(=O)OC(C)(C)C)NC(=O)OC(C)(C)C)CC1(N=[N+]=[N-])C(=O)O[C@H](C)c1ccccc1. The van der Waals surface area contributed by atoms with E-state index in [1.54, 1.807) is 78.8 Å². The monoisotopic (exact) mass is 585 g/mol. The number of hydrogen-bond acceptors (Lipinski definition) is 8. The zero-order chi connectivity index (χ0) is 31.7. The second kappa shape index (κ2) is 13.9. The molecule has 0 radical (unpaired) electrons. The van der Waals surface area contributed by atoms with Crippen molar-refractivity contribution in [1.29, 1.82) is 0 Å². The molecule has 1 saturated heterocycles. The number of guanidine groups is 1. The number of carbonyl (C=O) groups excluding carboxylic acids is 4. The van der Waals surface area contributed by atoms with Crippen LogP contribution in [0.3, 0.4) is 0 Å². The molecular weight excluding hydrogens is 546 g/mol. The van der Waals surface area contributed by atoms with Crippen LogP contribution < -0.4 is 10.6 Å². The van der Waals surface area contributed by atoms with Crippen molar-refractivity contribution in [2.75, 3.05) is 13.1 Å². The van der Waals surface area contributed by atoms with Gasteiger partial charge in [-0.15, -0.1) is 11.6 Å². The predicted molar refractivity (Wildman–Crippen MR) is 154 cm³/mol. The Morgan fingerprint density at radius 1 is 1.12 bits per heavy atom. The molecule has 228 valence electrons. The highest BCUT2D eigenvalue weighted by Gasteiger charge is 2.54. The van der Waals surface area contributed by atoms with Crippen LogP contribution in [0.1, 0.15) is 66.6 Å². The molecule has 3 atom stereocenters. The predicted octanol–water partition coefficient (Wildman–Crippen LogP) is 5.37.